The van der Waals surface area contributed by atoms with Crippen LogP contribution in [0.5, 0.6) is 0 Å². The first-order valence-electron chi connectivity index (χ1n) is 3.68. The van der Waals surface area contributed by atoms with Crippen LogP contribution in [-0.4, -0.2) is 11.3 Å². The van der Waals surface area contributed by atoms with Crippen molar-refractivity contribution in [1.29, 1.82) is 0 Å². The summed E-state index contributed by atoms with van der Waals surface area (Å²) in [6, 6.07) is 5.65. The predicted molar refractivity (Wildman–Crippen MR) is 49.3 cm³/mol. The number of hydrogen-bond acceptors (Lipinski definition) is 2. The van der Waals surface area contributed by atoms with E-state index in [4.69, 9.17) is 4.18 Å². The van der Waals surface area contributed by atoms with Crippen molar-refractivity contribution >= 4 is 11.1 Å². The minimum atomic E-state index is -1.31. The van der Waals surface area contributed by atoms with Gasteiger partial charge in [-0.15, -0.1) is 0 Å². The minimum Gasteiger partial charge on any atom is -0.290 e. The topological polar surface area (TPSA) is 26.3 Å². The molecule has 66 valence electrons. The molecule has 12 heavy (non-hydrogen) atoms. The van der Waals surface area contributed by atoms with Gasteiger partial charge in [-0.05, 0) is 37.1 Å². The zero-order valence-electron chi connectivity index (χ0n) is 7.46. The van der Waals surface area contributed by atoms with Gasteiger partial charge < -0.3 is 0 Å². The van der Waals surface area contributed by atoms with Crippen molar-refractivity contribution in [3.63, 3.8) is 0 Å². The quantitative estimate of drug-likeness (QED) is 0.702. The molecule has 1 unspecified atom stereocenters. The molecule has 0 saturated carbocycles. The van der Waals surface area contributed by atoms with Crippen LogP contribution in [0.25, 0.3) is 0 Å². The number of hydrogen-bond donors (Lipinski definition) is 0. The van der Waals surface area contributed by atoms with E-state index >= 15 is 0 Å². The molecule has 0 aliphatic carbocycles. The fraction of sp³-hybridized carbons (Fsp3) is 0.333. The standard InChI is InChI=1S/C9H12O2S/c1-7-4-5-9(6-8(7)2)12(10)11-3/h4-6H,1-3H3. The zero-order chi connectivity index (χ0) is 9.14. The maximum atomic E-state index is 11.2. The lowest BCUT2D eigenvalue weighted by molar-refractivity contribution is 0.445. The third kappa shape index (κ3) is 1.93. The lowest BCUT2D eigenvalue weighted by Gasteiger charge is -2.02. The molecule has 0 saturated heterocycles. The van der Waals surface area contributed by atoms with Gasteiger partial charge in [0.15, 0.2) is 11.1 Å². The maximum Gasteiger partial charge on any atom is 0.188 e. The van der Waals surface area contributed by atoms with E-state index in [-0.39, 0.29) is 0 Å². The first-order valence-corrected chi connectivity index (χ1v) is 4.76. The van der Waals surface area contributed by atoms with Gasteiger partial charge >= 0.3 is 0 Å². The van der Waals surface area contributed by atoms with Gasteiger partial charge in [0.2, 0.25) is 0 Å². The van der Waals surface area contributed by atoms with Gasteiger partial charge in [-0.1, -0.05) is 6.07 Å². The van der Waals surface area contributed by atoms with Crippen LogP contribution < -0.4 is 0 Å². The Morgan fingerprint density at radius 1 is 1.25 bits per heavy atom. The molecule has 0 bridgehead atoms. The second kappa shape index (κ2) is 3.83. The molecule has 0 aromatic heterocycles. The summed E-state index contributed by atoms with van der Waals surface area (Å²) in [7, 11) is 1.44. The fourth-order valence-corrected chi connectivity index (χ4v) is 1.56. The molecule has 0 N–H and O–H groups in total. The van der Waals surface area contributed by atoms with Gasteiger partial charge in [0.1, 0.15) is 0 Å². The van der Waals surface area contributed by atoms with Crippen molar-refractivity contribution in [2.75, 3.05) is 7.11 Å². The second-order valence-electron chi connectivity index (χ2n) is 2.65. The highest BCUT2D eigenvalue weighted by atomic mass is 32.2. The average molecular weight is 184 g/mol. The van der Waals surface area contributed by atoms with Crippen molar-refractivity contribution in [3.8, 4) is 0 Å². The van der Waals surface area contributed by atoms with Gasteiger partial charge in [0, 0.05) is 0 Å². The van der Waals surface area contributed by atoms with Crippen LogP contribution in [-0.2, 0) is 15.3 Å². The summed E-state index contributed by atoms with van der Waals surface area (Å²) in [4.78, 5) is 0.723. The molecule has 0 aliphatic heterocycles. The summed E-state index contributed by atoms with van der Waals surface area (Å²) in [5.41, 5.74) is 2.34. The minimum absolute atomic E-state index is 0.723. The molecule has 2 nitrogen and oxygen atoms in total. The molecule has 0 aliphatic rings. The summed E-state index contributed by atoms with van der Waals surface area (Å²) >= 11 is -1.31. The first-order chi connectivity index (χ1) is 5.65. The molecule has 0 heterocycles. The van der Waals surface area contributed by atoms with E-state index in [1.54, 1.807) is 0 Å². The Morgan fingerprint density at radius 3 is 2.42 bits per heavy atom. The lowest BCUT2D eigenvalue weighted by atomic mass is 10.1. The Morgan fingerprint density at radius 2 is 1.92 bits per heavy atom. The van der Waals surface area contributed by atoms with E-state index in [1.807, 2.05) is 32.0 Å². The molecule has 0 radical (unpaired) electrons. The third-order valence-electron chi connectivity index (χ3n) is 1.82. The maximum absolute atomic E-state index is 11.2. The molecule has 1 rings (SSSR count). The van der Waals surface area contributed by atoms with Gasteiger partial charge in [-0.25, -0.2) is 4.21 Å². The van der Waals surface area contributed by atoms with E-state index in [0.717, 1.165) is 10.5 Å². The van der Waals surface area contributed by atoms with Crippen LogP contribution in [0.2, 0.25) is 0 Å². The molecule has 0 spiro atoms. The molecular formula is C9H12O2S. The SMILES string of the molecule is COS(=O)c1ccc(C)c(C)c1. The highest BCUT2D eigenvalue weighted by Crippen LogP contribution is 2.13. The monoisotopic (exact) mass is 184 g/mol. The fourth-order valence-electron chi connectivity index (χ4n) is 0.914. The molecule has 0 amide bonds. The molecular weight excluding hydrogens is 172 g/mol. The van der Waals surface area contributed by atoms with Crippen molar-refractivity contribution in [2.24, 2.45) is 0 Å². The van der Waals surface area contributed by atoms with Crippen LogP contribution >= 0.6 is 0 Å². The van der Waals surface area contributed by atoms with Gasteiger partial charge in [0.05, 0.1) is 12.0 Å². The molecule has 0 fully saturated rings. The van der Waals surface area contributed by atoms with E-state index in [2.05, 4.69) is 0 Å². The average Bonchev–Trinajstić information content (AvgIpc) is 2.08. The summed E-state index contributed by atoms with van der Waals surface area (Å²) in [6.45, 7) is 4.01. The first kappa shape index (κ1) is 9.42. The van der Waals surface area contributed by atoms with E-state index in [0.29, 0.717) is 0 Å². The Bertz CT molecular complexity index is 307. The summed E-state index contributed by atoms with van der Waals surface area (Å²) in [5.74, 6) is 0. The Labute approximate surface area is 75.2 Å². The Kier molecular flexibility index (Phi) is 3.00. The molecule has 3 heteroatoms. The highest BCUT2D eigenvalue weighted by Gasteiger charge is 2.02. The number of benzene rings is 1. The van der Waals surface area contributed by atoms with Gasteiger partial charge in [-0.3, -0.25) is 4.18 Å². The van der Waals surface area contributed by atoms with E-state index in [1.165, 1.54) is 12.7 Å². The lowest BCUT2D eigenvalue weighted by Crippen LogP contribution is -1.94. The Hall–Kier alpha value is -0.670. The van der Waals surface area contributed by atoms with E-state index in [9.17, 15) is 4.21 Å². The van der Waals surface area contributed by atoms with E-state index < -0.39 is 11.1 Å². The largest absolute Gasteiger partial charge is 0.290 e. The number of aryl methyl sites for hydroxylation is 2. The molecule has 1 atom stereocenters. The van der Waals surface area contributed by atoms with Crippen molar-refractivity contribution < 1.29 is 8.39 Å². The smallest absolute Gasteiger partial charge is 0.188 e. The summed E-state index contributed by atoms with van der Waals surface area (Å²) in [6.07, 6.45) is 0. The van der Waals surface area contributed by atoms with Crippen molar-refractivity contribution in [1.82, 2.24) is 0 Å². The third-order valence-corrected chi connectivity index (χ3v) is 2.76. The van der Waals surface area contributed by atoms with Gasteiger partial charge in [0.25, 0.3) is 0 Å². The summed E-state index contributed by atoms with van der Waals surface area (Å²) < 4.78 is 15.9. The molecule has 1 aromatic rings. The van der Waals surface area contributed by atoms with Crippen molar-refractivity contribution in [2.45, 2.75) is 18.7 Å². The van der Waals surface area contributed by atoms with Crippen LogP contribution in [0.15, 0.2) is 23.1 Å². The van der Waals surface area contributed by atoms with Crippen LogP contribution in [0.3, 0.4) is 0 Å². The van der Waals surface area contributed by atoms with Crippen LogP contribution in [0.1, 0.15) is 11.1 Å². The normalized spacial score (nSPS) is 12.9. The predicted octanol–water partition coefficient (Wildman–Crippen LogP) is 1.97. The Balaban J connectivity index is 3.05. The molecule has 1 aromatic carbocycles. The van der Waals surface area contributed by atoms with Crippen molar-refractivity contribution in [3.05, 3.63) is 29.3 Å². The van der Waals surface area contributed by atoms with Crippen LogP contribution in [0.4, 0.5) is 0 Å². The second-order valence-corrected chi connectivity index (χ2v) is 3.92. The van der Waals surface area contributed by atoms with Crippen LogP contribution in [0, 0.1) is 13.8 Å². The summed E-state index contributed by atoms with van der Waals surface area (Å²) in [5, 5.41) is 0. The highest BCUT2D eigenvalue weighted by molar-refractivity contribution is 7.80. The zero-order valence-corrected chi connectivity index (χ0v) is 8.27. The number of rotatable bonds is 2. The van der Waals surface area contributed by atoms with Gasteiger partial charge in [-0.2, -0.15) is 0 Å².